The van der Waals surface area contributed by atoms with Crippen molar-refractivity contribution in [1.29, 1.82) is 0 Å². The highest BCUT2D eigenvalue weighted by Crippen LogP contribution is 2.19. The van der Waals surface area contributed by atoms with Crippen LogP contribution in [0.1, 0.15) is 35.7 Å². The molecule has 6 nitrogen and oxygen atoms in total. The number of rotatable bonds is 6. The maximum absolute atomic E-state index is 12.6. The number of hydrogen-bond donors (Lipinski definition) is 1. The number of sulfone groups is 1. The number of aromatic carboxylic acids is 1. The fraction of sp³-hybridized carbons (Fsp3) is 0.500. The van der Waals surface area contributed by atoms with E-state index < -0.39 is 15.8 Å². The van der Waals surface area contributed by atoms with Crippen molar-refractivity contribution in [3.63, 3.8) is 0 Å². The molecule has 7 heteroatoms. The summed E-state index contributed by atoms with van der Waals surface area (Å²) in [6.07, 6.45) is 1.30. The van der Waals surface area contributed by atoms with Gasteiger partial charge in [0, 0.05) is 12.6 Å². The summed E-state index contributed by atoms with van der Waals surface area (Å²) in [6.45, 7) is 2.45. The first kappa shape index (κ1) is 17.5. The molecule has 1 N–H and O–H groups in total. The van der Waals surface area contributed by atoms with E-state index in [2.05, 4.69) is 0 Å². The Morgan fingerprint density at radius 1 is 1.35 bits per heavy atom. The predicted molar refractivity (Wildman–Crippen MR) is 86.2 cm³/mol. The van der Waals surface area contributed by atoms with Gasteiger partial charge in [-0.1, -0.05) is 19.1 Å². The Morgan fingerprint density at radius 3 is 2.65 bits per heavy atom. The minimum absolute atomic E-state index is 0.0217. The SMILES string of the molecule is CCCN(C(=O)Cc1cccc(C(=O)O)c1)C1CCS(=O)(=O)C1. The summed E-state index contributed by atoms with van der Waals surface area (Å²) in [6, 6.07) is 6.00. The van der Waals surface area contributed by atoms with Gasteiger partial charge >= 0.3 is 5.97 Å². The van der Waals surface area contributed by atoms with Gasteiger partial charge < -0.3 is 10.0 Å². The summed E-state index contributed by atoms with van der Waals surface area (Å²) in [5.74, 6) is -1.05. The Bertz CT molecular complexity index is 698. The average molecular weight is 339 g/mol. The van der Waals surface area contributed by atoms with Crippen molar-refractivity contribution < 1.29 is 23.1 Å². The number of carbonyl (C=O) groups is 2. The van der Waals surface area contributed by atoms with Crippen molar-refractivity contribution in [2.24, 2.45) is 0 Å². The summed E-state index contributed by atoms with van der Waals surface area (Å²) >= 11 is 0. The van der Waals surface area contributed by atoms with Crippen molar-refractivity contribution >= 4 is 21.7 Å². The molecule has 1 aliphatic rings. The second-order valence-corrected chi connectivity index (χ2v) is 8.06. The Labute approximate surface area is 136 Å². The van der Waals surface area contributed by atoms with Crippen LogP contribution < -0.4 is 0 Å². The van der Waals surface area contributed by atoms with Crippen LogP contribution in [0.3, 0.4) is 0 Å². The van der Waals surface area contributed by atoms with Crippen molar-refractivity contribution in [1.82, 2.24) is 4.90 Å². The third kappa shape index (κ3) is 4.54. The molecule has 1 aliphatic heterocycles. The van der Waals surface area contributed by atoms with Gasteiger partial charge in [-0.15, -0.1) is 0 Å². The Kier molecular flexibility index (Phi) is 5.41. The molecular formula is C16H21NO5S. The van der Waals surface area contributed by atoms with Crippen LogP contribution in [-0.4, -0.2) is 54.4 Å². The largest absolute Gasteiger partial charge is 0.478 e. The van der Waals surface area contributed by atoms with E-state index in [-0.39, 0.29) is 35.4 Å². The van der Waals surface area contributed by atoms with E-state index in [1.54, 1.807) is 17.0 Å². The number of benzene rings is 1. The smallest absolute Gasteiger partial charge is 0.335 e. The molecular weight excluding hydrogens is 318 g/mol. The highest BCUT2D eigenvalue weighted by atomic mass is 32.2. The average Bonchev–Trinajstić information content (AvgIpc) is 2.84. The summed E-state index contributed by atoms with van der Waals surface area (Å²) in [5.41, 5.74) is 0.762. The molecule has 0 spiro atoms. The molecule has 1 aromatic carbocycles. The lowest BCUT2D eigenvalue weighted by molar-refractivity contribution is -0.132. The van der Waals surface area contributed by atoms with Gasteiger partial charge in [0.2, 0.25) is 5.91 Å². The van der Waals surface area contributed by atoms with Crippen LogP contribution in [0.5, 0.6) is 0 Å². The second kappa shape index (κ2) is 7.12. The fourth-order valence-electron chi connectivity index (χ4n) is 2.86. The number of carbonyl (C=O) groups excluding carboxylic acids is 1. The molecule has 1 fully saturated rings. The van der Waals surface area contributed by atoms with Gasteiger partial charge in [-0.3, -0.25) is 4.79 Å². The van der Waals surface area contributed by atoms with Crippen LogP contribution in [0.4, 0.5) is 0 Å². The van der Waals surface area contributed by atoms with E-state index in [1.165, 1.54) is 12.1 Å². The number of nitrogens with zero attached hydrogens (tertiary/aromatic N) is 1. The van der Waals surface area contributed by atoms with Gasteiger partial charge in [0.05, 0.1) is 23.5 Å². The lowest BCUT2D eigenvalue weighted by atomic mass is 10.1. The van der Waals surface area contributed by atoms with E-state index in [0.717, 1.165) is 6.42 Å². The molecule has 1 atom stereocenters. The van der Waals surface area contributed by atoms with Crippen molar-refractivity contribution in [2.75, 3.05) is 18.1 Å². The molecule has 1 aromatic rings. The minimum Gasteiger partial charge on any atom is -0.478 e. The van der Waals surface area contributed by atoms with E-state index in [4.69, 9.17) is 5.11 Å². The molecule has 2 rings (SSSR count). The first-order valence-electron chi connectivity index (χ1n) is 7.64. The van der Waals surface area contributed by atoms with Crippen LogP contribution in [0.15, 0.2) is 24.3 Å². The number of hydrogen-bond acceptors (Lipinski definition) is 4. The highest BCUT2D eigenvalue weighted by molar-refractivity contribution is 7.91. The molecule has 23 heavy (non-hydrogen) atoms. The summed E-state index contributed by atoms with van der Waals surface area (Å²) < 4.78 is 23.3. The van der Waals surface area contributed by atoms with Crippen LogP contribution in [-0.2, 0) is 21.1 Å². The van der Waals surface area contributed by atoms with Gasteiger partial charge in [0.1, 0.15) is 0 Å². The second-order valence-electron chi connectivity index (χ2n) is 5.83. The minimum atomic E-state index is -3.05. The summed E-state index contributed by atoms with van der Waals surface area (Å²) in [7, 11) is -3.05. The zero-order chi connectivity index (χ0) is 17.0. The first-order valence-corrected chi connectivity index (χ1v) is 9.46. The molecule has 0 aliphatic carbocycles. The van der Waals surface area contributed by atoms with E-state index in [0.29, 0.717) is 18.5 Å². The lowest BCUT2D eigenvalue weighted by Gasteiger charge is -2.28. The molecule has 0 bridgehead atoms. The third-order valence-corrected chi connectivity index (χ3v) is 5.71. The van der Waals surface area contributed by atoms with Crippen molar-refractivity contribution in [2.45, 2.75) is 32.2 Å². The molecule has 1 heterocycles. The predicted octanol–water partition coefficient (Wildman–Crippen LogP) is 1.35. The van der Waals surface area contributed by atoms with Crippen molar-refractivity contribution in [3.8, 4) is 0 Å². The Morgan fingerprint density at radius 2 is 2.09 bits per heavy atom. The van der Waals surface area contributed by atoms with Gasteiger partial charge in [0.25, 0.3) is 0 Å². The van der Waals surface area contributed by atoms with E-state index in [9.17, 15) is 18.0 Å². The molecule has 0 radical (unpaired) electrons. The van der Waals surface area contributed by atoms with Gasteiger partial charge in [-0.2, -0.15) is 0 Å². The molecule has 126 valence electrons. The van der Waals surface area contributed by atoms with Gasteiger partial charge in [-0.05, 0) is 30.5 Å². The standard InChI is InChI=1S/C16H21NO5S/c1-2-7-17(14-6-8-23(21,22)11-14)15(18)10-12-4-3-5-13(9-12)16(19)20/h3-5,9,14H,2,6-8,10-11H2,1H3,(H,19,20). The van der Waals surface area contributed by atoms with Crippen LogP contribution in [0.2, 0.25) is 0 Å². The summed E-state index contributed by atoms with van der Waals surface area (Å²) in [5, 5.41) is 9.00. The fourth-order valence-corrected chi connectivity index (χ4v) is 4.59. The summed E-state index contributed by atoms with van der Waals surface area (Å²) in [4.78, 5) is 25.2. The zero-order valence-electron chi connectivity index (χ0n) is 13.1. The lowest BCUT2D eigenvalue weighted by Crippen LogP contribution is -2.42. The maximum atomic E-state index is 12.6. The first-order chi connectivity index (χ1) is 10.8. The van der Waals surface area contributed by atoms with Crippen LogP contribution in [0, 0.1) is 0 Å². The normalized spacial score (nSPS) is 19.4. The quantitative estimate of drug-likeness (QED) is 0.845. The molecule has 0 aromatic heterocycles. The Balaban J connectivity index is 2.12. The van der Waals surface area contributed by atoms with Crippen LogP contribution >= 0.6 is 0 Å². The van der Waals surface area contributed by atoms with Crippen molar-refractivity contribution in [3.05, 3.63) is 35.4 Å². The van der Waals surface area contributed by atoms with Gasteiger partial charge in [-0.25, -0.2) is 13.2 Å². The number of amides is 1. The molecule has 1 amide bonds. The van der Waals surface area contributed by atoms with E-state index >= 15 is 0 Å². The molecule has 1 saturated heterocycles. The Hall–Kier alpha value is -1.89. The molecule has 0 saturated carbocycles. The zero-order valence-corrected chi connectivity index (χ0v) is 13.9. The highest BCUT2D eigenvalue weighted by Gasteiger charge is 2.34. The third-order valence-electron chi connectivity index (χ3n) is 3.96. The monoisotopic (exact) mass is 339 g/mol. The maximum Gasteiger partial charge on any atom is 0.335 e. The van der Waals surface area contributed by atoms with Gasteiger partial charge in [0.15, 0.2) is 9.84 Å². The number of carboxylic acids is 1. The molecule has 1 unspecified atom stereocenters. The van der Waals surface area contributed by atoms with E-state index in [1.807, 2.05) is 6.92 Å². The topological polar surface area (TPSA) is 91.8 Å². The number of carboxylic acid groups (broad SMARTS) is 1. The van der Waals surface area contributed by atoms with Crippen LogP contribution in [0.25, 0.3) is 0 Å².